The van der Waals surface area contributed by atoms with Gasteiger partial charge in [-0.05, 0) is 18.2 Å². The van der Waals surface area contributed by atoms with E-state index in [-0.39, 0.29) is 5.02 Å². The quantitative estimate of drug-likeness (QED) is 0.785. The number of hydrogen-bond donors (Lipinski definition) is 0. The molecule has 0 saturated carbocycles. The normalized spacial score (nSPS) is 11.6. The van der Waals surface area contributed by atoms with Crippen LogP contribution in [0.5, 0.6) is 0 Å². The van der Waals surface area contributed by atoms with Crippen LogP contribution >= 0.6 is 11.6 Å². The molecule has 0 saturated heterocycles. The van der Waals surface area contributed by atoms with Gasteiger partial charge in [0, 0.05) is 12.1 Å². The van der Waals surface area contributed by atoms with E-state index in [2.05, 4.69) is 4.74 Å². The lowest BCUT2D eigenvalue weighted by Gasteiger charge is -2.16. The van der Waals surface area contributed by atoms with E-state index in [1.807, 2.05) is 0 Å². The highest BCUT2D eigenvalue weighted by atomic mass is 35.5. The first-order chi connectivity index (χ1) is 8.28. The summed E-state index contributed by atoms with van der Waals surface area (Å²) in [7, 11) is -1.81. The van der Waals surface area contributed by atoms with E-state index >= 15 is 0 Å². The van der Waals surface area contributed by atoms with Crippen LogP contribution in [0.15, 0.2) is 23.1 Å². The molecule has 0 radical (unpaired) electrons. The maximum Gasteiger partial charge on any atom is 0.321 e. The Morgan fingerprint density at radius 2 is 2.11 bits per heavy atom. The zero-order valence-electron chi connectivity index (χ0n) is 9.68. The van der Waals surface area contributed by atoms with Crippen LogP contribution < -0.4 is 0 Å². The molecule has 0 spiro atoms. The first kappa shape index (κ1) is 14.9. The van der Waals surface area contributed by atoms with Crippen molar-refractivity contribution in [1.29, 1.82) is 0 Å². The Bertz CT molecular complexity index is 561. The van der Waals surface area contributed by atoms with Crippen LogP contribution in [-0.4, -0.2) is 39.4 Å². The number of esters is 1. The second kappa shape index (κ2) is 5.64. The fraction of sp³-hybridized carbons (Fsp3) is 0.300. The van der Waals surface area contributed by atoms with Crippen molar-refractivity contribution in [2.24, 2.45) is 0 Å². The molecule has 5 nitrogen and oxygen atoms in total. The first-order valence-electron chi connectivity index (χ1n) is 4.77. The third-order valence-corrected chi connectivity index (χ3v) is 4.23. The maximum absolute atomic E-state index is 13.5. The minimum Gasteiger partial charge on any atom is -0.468 e. The molecule has 1 aromatic carbocycles. The topological polar surface area (TPSA) is 63.7 Å². The first-order valence-corrected chi connectivity index (χ1v) is 6.59. The summed E-state index contributed by atoms with van der Waals surface area (Å²) in [5, 5.41) is 0.0853. The van der Waals surface area contributed by atoms with Crippen LogP contribution in [0.25, 0.3) is 0 Å². The average molecular weight is 296 g/mol. The predicted octanol–water partition coefficient (Wildman–Crippen LogP) is 1.27. The van der Waals surface area contributed by atoms with E-state index in [4.69, 9.17) is 11.6 Å². The van der Waals surface area contributed by atoms with E-state index in [1.165, 1.54) is 6.07 Å². The highest BCUT2D eigenvalue weighted by molar-refractivity contribution is 7.89. The van der Waals surface area contributed by atoms with Crippen LogP contribution in [0, 0.1) is 5.82 Å². The van der Waals surface area contributed by atoms with Crippen LogP contribution in [0.2, 0.25) is 5.02 Å². The molecule has 1 aromatic rings. The number of likely N-dealkylation sites (N-methyl/N-ethyl adjacent to an activating group) is 1. The van der Waals surface area contributed by atoms with Gasteiger partial charge < -0.3 is 4.74 Å². The van der Waals surface area contributed by atoms with Gasteiger partial charge in [0.1, 0.15) is 17.3 Å². The number of ether oxygens (including phenoxy) is 1. The Balaban J connectivity index is 3.09. The molecule has 0 bridgehead atoms. The average Bonchev–Trinajstić information content (AvgIpc) is 2.28. The van der Waals surface area contributed by atoms with Crippen molar-refractivity contribution < 1.29 is 22.3 Å². The smallest absolute Gasteiger partial charge is 0.321 e. The number of carbonyl (C=O) groups excluding carboxylic acids is 1. The number of hydrogen-bond acceptors (Lipinski definition) is 4. The minimum atomic E-state index is -4.09. The third kappa shape index (κ3) is 3.18. The number of methoxy groups -OCH3 is 1. The molecule has 100 valence electrons. The Morgan fingerprint density at radius 3 is 2.61 bits per heavy atom. The number of nitrogens with zero attached hydrogens (tertiary/aromatic N) is 1. The third-order valence-electron chi connectivity index (χ3n) is 2.16. The molecule has 0 unspecified atom stereocenters. The van der Waals surface area contributed by atoms with Gasteiger partial charge in [-0.1, -0.05) is 11.6 Å². The van der Waals surface area contributed by atoms with Gasteiger partial charge in [0.15, 0.2) is 0 Å². The van der Waals surface area contributed by atoms with Crippen molar-refractivity contribution in [3.63, 3.8) is 0 Å². The predicted molar refractivity (Wildman–Crippen MR) is 63.2 cm³/mol. The van der Waals surface area contributed by atoms with Gasteiger partial charge in [-0.3, -0.25) is 4.79 Å². The summed E-state index contributed by atoms with van der Waals surface area (Å²) in [6.07, 6.45) is 0. The van der Waals surface area contributed by atoms with E-state index in [1.54, 1.807) is 0 Å². The molecule has 0 atom stereocenters. The van der Waals surface area contributed by atoms with Crippen molar-refractivity contribution in [2.45, 2.75) is 4.90 Å². The number of rotatable bonds is 4. The van der Waals surface area contributed by atoms with Gasteiger partial charge >= 0.3 is 5.97 Å². The summed E-state index contributed by atoms with van der Waals surface area (Å²) >= 11 is 5.53. The molecular formula is C10H11ClFNO4S. The van der Waals surface area contributed by atoms with Crippen LogP contribution in [0.3, 0.4) is 0 Å². The highest BCUT2D eigenvalue weighted by Gasteiger charge is 2.26. The SMILES string of the molecule is COC(=O)CN(C)S(=O)(=O)c1ccc(Cl)cc1F. The van der Waals surface area contributed by atoms with Crippen LogP contribution in [-0.2, 0) is 19.6 Å². The van der Waals surface area contributed by atoms with E-state index < -0.39 is 33.3 Å². The van der Waals surface area contributed by atoms with Crippen molar-refractivity contribution in [3.8, 4) is 0 Å². The minimum absolute atomic E-state index is 0.0853. The molecule has 0 heterocycles. The summed E-state index contributed by atoms with van der Waals surface area (Å²) in [6, 6.07) is 3.19. The Hall–Kier alpha value is -1.18. The Labute approximate surface area is 109 Å². The molecule has 18 heavy (non-hydrogen) atoms. The number of sulfonamides is 1. The number of halogens is 2. The van der Waals surface area contributed by atoms with Crippen molar-refractivity contribution >= 4 is 27.6 Å². The fourth-order valence-electron chi connectivity index (χ4n) is 1.18. The lowest BCUT2D eigenvalue weighted by atomic mass is 10.3. The molecule has 0 aromatic heterocycles. The maximum atomic E-state index is 13.5. The standard InChI is InChI=1S/C10H11ClFNO4S/c1-13(6-10(14)17-2)18(15,16)9-4-3-7(11)5-8(9)12/h3-5H,6H2,1-2H3. The summed E-state index contributed by atoms with van der Waals surface area (Å²) in [5.41, 5.74) is 0. The van der Waals surface area contributed by atoms with Crippen LogP contribution in [0.4, 0.5) is 4.39 Å². The molecule has 0 amide bonds. The fourth-order valence-corrected chi connectivity index (χ4v) is 2.50. The van der Waals surface area contributed by atoms with E-state index in [0.717, 1.165) is 26.3 Å². The summed E-state index contributed by atoms with van der Waals surface area (Å²) in [5.74, 6) is -1.71. The molecule has 1 rings (SSSR count). The number of benzene rings is 1. The summed E-state index contributed by atoms with van der Waals surface area (Å²) in [6.45, 7) is -0.499. The zero-order chi connectivity index (χ0) is 13.9. The lowest BCUT2D eigenvalue weighted by Crippen LogP contribution is -2.33. The monoisotopic (exact) mass is 295 g/mol. The summed E-state index contributed by atoms with van der Waals surface area (Å²) < 4.78 is 42.5. The molecule has 0 aliphatic heterocycles. The van der Waals surface area contributed by atoms with Gasteiger partial charge in [-0.25, -0.2) is 12.8 Å². The largest absolute Gasteiger partial charge is 0.468 e. The van der Waals surface area contributed by atoms with E-state index in [9.17, 15) is 17.6 Å². The molecular weight excluding hydrogens is 285 g/mol. The molecule has 0 aliphatic rings. The zero-order valence-corrected chi connectivity index (χ0v) is 11.3. The van der Waals surface area contributed by atoms with Crippen molar-refractivity contribution in [1.82, 2.24) is 4.31 Å². The van der Waals surface area contributed by atoms with Gasteiger partial charge in [-0.15, -0.1) is 0 Å². The van der Waals surface area contributed by atoms with E-state index in [0.29, 0.717) is 4.31 Å². The molecule has 0 fully saturated rings. The van der Waals surface area contributed by atoms with Gasteiger partial charge in [0.25, 0.3) is 0 Å². The summed E-state index contributed by atoms with van der Waals surface area (Å²) in [4.78, 5) is 10.5. The lowest BCUT2D eigenvalue weighted by molar-refractivity contribution is -0.140. The van der Waals surface area contributed by atoms with Crippen LogP contribution in [0.1, 0.15) is 0 Å². The molecule has 0 N–H and O–H groups in total. The van der Waals surface area contributed by atoms with Gasteiger partial charge in [0.2, 0.25) is 10.0 Å². The number of carbonyl (C=O) groups is 1. The highest BCUT2D eigenvalue weighted by Crippen LogP contribution is 2.21. The second-order valence-electron chi connectivity index (χ2n) is 3.41. The van der Waals surface area contributed by atoms with Gasteiger partial charge in [-0.2, -0.15) is 4.31 Å². The molecule has 8 heteroatoms. The van der Waals surface area contributed by atoms with Gasteiger partial charge in [0.05, 0.1) is 7.11 Å². The Kier molecular flexibility index (Phi) is 4.66. The van der Waals surface area contributed by atoms with Crippen molar-refractivity contribution in [2.75, 3.05) is 20.7 Å². The van der Waals surface area contributed by atoms with Crippen molar-refractivity contribution in [3.05, 3.63) is 29.0 Å². The molecule has 0 aliphatic carbocycles. The second-order valence-corrected chi connectivity index (χ2v) is 5.86. The Morgan fingerprint density at radius 1 is 1.50 bits per heavy atom.